The largest absolute Gasteiger partial charge is 0.351 e. The van der Waals surface area contributed by atoms with Crippen LogP contribution in [0.4, 0.5) is 0 Å². The summed E-state index contributed by atoms with van der Waals surface area (Å²) in [5, 5.41) is 6.78. The fourth-order valence-electron chi connectivity index (χ4n) is 2.81. The predicted molar refractivity (Wildman–Crippen MR) is 103 cm³/mol. The highest BCUT2D eigenvalue weighted by Crippen LogP contribution is 2.15. The number of rotatable bonds is 5. The van der Waals surface area contributed by atoms with E-state index < -0.39 is 0 Å². The molecule has 1 aromatic heterocycles. The number of nitrogens with one attached hydrogen (secondary N) is 1. The van der Waals surface area contributed by atoms with Gasteiger partial charge in [0.05, 0.1) is 11.1 Å². The molecule has 0 unspecified atom stereocenters. The van der Waals surface area contributed by atoms with Crippen molar-refractivity contribution in [1.82, 2.24) is 15.1 Å². The minimum absolute atomic E-state index is 0.0706. The van der Waals surface area contributed by atoms with E-state index in [1.54, 1.807) is 17.4 Å². The Labute approximate surface area is 159 Å². The second-order valence-electron chi connectivity index (χ2n) is 5.88. The summed E-state index contributed by atoms with van der Waals surface area (Å²) >= 11 is 4.94. The molecule has 2 amide bonds. The molecule has 1 fully saturated rings. The lowest BCUT2D eigenvalue weighted by atomic mass is 10.2. The first-order valence-electron chi connectivity index (χ1n) is 8.21. The summed E-state index contributed by atoms with van der Waals surface area (Å²) in [5.41, 5.74) is 1.42. The van der Waals surface area contributed by atoms with Crippen molar-refractivity contribution in [2.24, 2.45) is 0 Å². The normalized spacial score (nSPS) is 15.2. The number of hydrogen-bond donors (Lipinski definition) is 1. The molecule has 2 heterocycles. The molecule has 5 nitrogen and oxygen atoms in total. The Hall–Kier alpha value is -1.70. The number of benzene rings is 1. The number of carbonyl (C=O) groups is 2. The van der Waals surface area contributed by atoms with Crippen LogP contribution < -0.4 is 5.32 Å². The lowest BCUT2D eigenvalue weighted by molar-refractivity contribution is 0.0638. The maximum atomic E-state index is 12.3. The molecule has 3 rings (SSSR count). The van der Waals surface area contributed by atoms with E-state index in [0.29, 0.717) is 12.1 Å². The number of carbonyl (C=O) groups excluding carboxylic acids is 2. The predicted octanol–water partition coefficient (Wildman–Crippen LogP) is 2.70. The van der Waals surface area contributed by atoms with Gasteiger partial charge in [0, 0.05) is 49.1 Å². The van der Waals surface area contributed by atoms with E-state index in [0.717, 1.165) is 42.8 Å². The van der Waals surface area contributed by atoms with Crippen LogP contribution in [0.5, 0.6) is 0 Å². The van der Waals surface area contributed by atoms with E-state index in [1.165, 1.54) is 0 Å². The standard InChI is InChI=1S/C18H20BrN3O2S/c19-16-4-2-1-3-15(16)17(23)20-6-7-21-8-10-22(11-9-21)18(24)14-5-12-25-13-14/h1-5,12-13H,6-11H2,(H,20,23). The van der Waals surface area contributed by atoms with Crippen LogP contribution in [0.3, 0.4) is 0 Å². The van der Waals surface area contributed by atoms with Crippen LogP contribution in [0.1, 0.15) is 20.7 Å². The minimum atomic E-state index is -0.0706. The van der Waals surface area contributed by atoms with Crippen LogP contribution in [-0.2, 0) is 0 Å². The molecule has 0 spiro atoms. The minimum Gasteiger partial charge on any atom is -0.351 e. The van der Waals surface area contributed by atoms with Crippen LogP contribution in [-0.4, -0.2) is 60.9 Å². The summed E-state index contributed by atoms with van der Waals surface area (Å²) in [5.74, 6) is 0.0434. The van der Waals surface area contributed by atoms with Gasteiger partial charge in [0.2, 0.25) is 0 Å². The first-order chi connectivity index (χ1) is 12.1. The topological polar surface area (TPSA) is 52.7 Å². The van der Waals surface area contributed by atoms with Gasteiger partial charge in [-0.15, -0.1) is 0 Å². The van der Waals surface area contributed by atoms with Crippen LogP contribution in [0, 0.1) is 0 Å². The van der Waals surface area contributed by atoms with E-state index in [1.807, 2.05) is 39.9 Å². The zero-order valence-corrected chi connectivity index (χ0v) is 16.2. The van der Waals surface area contributed by atoms with Gasteiger partial charge in [-0.25, -0.2) is 0 Å². The molecular weight excluding hydrogens is 402 g/mol. The smallest absolute Gasteiger partial charge is 0.254 e. The van der Waals surface area contributed by atoms with E-state index in [4.69, 9.17) is 0 Å². The van der Waals surface area contributed by atoms with Gasteiger partial charge in [0.15, 0.2) is 0 Å². The molecule has 2 aromatic rings. The van der Waals surface area contributed by atoms with Gasteiger partial charge in [-0.05, 0) is 39.5 Å². The van der Waals surface area contributed by atoms with Gasteiger partial charge in [0.25, 0.3) is 11.8 Å². The lowest BCUT2D eigenvalue weighted by Gasteiger charge is -2.34. The van der Waals surface area contributed by atoms with Crippen LogP contribution in [0.25, 0.3) is 0 Å². The van der Waals surface area contributed by atoms with Crippen molar-refractivity contribution >= 4 is 39.1 Å². The van der Waals surface area contributed by atoms with Crippen LogP contribution in [0.15, 0.2) is 45.6 Å². The average molecular weight is 422 g/mol. The second kappa shape index (κ2) is 8.60. The maximum Gasteiger partial charge on any atom is 0.254 e. The number of amides is 2. The van der Waals surface area contributed by atoms with Gasteiger partial charge in [-0.2, -0.15) is 11.3 Å². The molecule has 0 aliphatic carbocycles. The first kappa shape index (κ1) is 18.1. The number of nitrogens with zero attached hydrogens (tertiary/aromatic N) is 2. The third-order valence-electron chi connectivity index (χ3n) is 4.26. The molecule has 0 saturated carbocycles. The van der Waals surface area contributed by atoms with Crippen molar-refractivity contribution in [3.05, 3.63) is 56.7 Å². The summed E-state index contributed by atoms with van der Waals surface area (Å²) in [6.45, 7) is 4.51. The number of piperazine rings is 1. The summed E-state index contributed by atoms with van der Waals surface area (Å²) < 4.78 is 0.799. The highest BCUT2D eigenvalue weighted by Gasteiger charge is 2.22. The van der Waals surface area contributed by atoms with Gasteiger partial charge in [0.1, 0.15) is 0 Å². The summed E-state index contributed by atoms with van der Waals surface area (Å²) in [4.78, 5) is 28.7. The molecule has 0 atom stereocenters. The molecule has 1 N–H and O–H groups in total. The van der Waals surface area contributed by atoms with Gasteiger partial charge in [-0.3, -0.25) is 14.5 Å². The Morgan fingerprint density at radius 3 is 2.56 bits per heavy atom. The zero-order valence-electron chi connectivity index (χ0n) is 13.8. The summed E-state index contributed by atoms with van der Waals surface area (Å²) in [6.07, 6.45) is 0. The molecule has 1 aliphatic rings. The quantitative estimate of drug-likeness (QED) is 0.807. The fourth-order valence-corrected chi connectivity index (χ4v) is 3.91. The third kappa shape index (κ3) is 4.68. The first-order valence-corrected chi connectivity index (χ1v) is 9.95. The van der Waals surface area contributed by atoms with E-state index >= 15 is 0 Å². The van der Waals surface area contributed by atoms with Gasteiger partial charge in [-0.1, -0.05) is 12.1 Å². The summed E-state index contributed by atoms with van der Waals surface area (Å²) in [7, 11) is 0. The fraction of sp³-hybridized carbons (Fsp3) is 0.333. The SMILES string of the molecule is O=C(NCCN1CCN(C(=O)c2ccsc2)CC1)c1ccccc1Br. The van der Waals surface area contributed by atoms with Crippen molar-refractivity contribution in [2.75, 3.05) is 39.3 Å². The van der Waals surface area contributed by atoms with Gasteiger partial charge < -0.3 is 10.2 Å². The Morgan fingerprint density at radius 2 is 1.88 bits per heavy atom. The van der Waals surface area contributed by atoms with Gasteiger partial charge >= 0.3 is 0 Å². The highest BCUT2D eigenvalue weighted by atomic mass is 79.9. The molecule has 1 saturated heterocycles. The molecule has 1 aromatic carbocycles. The Bertz CT molecular complexity index is 728. The van der Waals surface area contributed by atoms with Crippen molar-refractivity contribution in [3.63, 3.8) is 0 Å². The zero-order chi connectivity index (χ0) is 17.6. The van der Waals surface area contributed by atoms with Crippen LogP contribution >= 0.6 is 27.3 Å². The number of hydrogen-bond acceptors (Lipinski definition) is 4. The van der Waals surface area contributed by atoms with Crippen molar-refractivity contribution < 1.29 is 9.59 Å². The number of halogens is 1. The summed E-state index contributed by atoms with van der Waals surface area (Å²) in [6, 6.07) is 9.27. The highest BCUT2D eigenvalue weighted by molar-refractivity contribution is 9.10. The van der Waals surface area contributed by atoms with Crippen molar-refractivity contribution in [2.45, 2.75) is 0 Å². The van der Waals surface area contributed by atoms with E-state index in [-0.39, 0.29) is 11.8 Å². The monoisotopic (exact) mass is 421 g/mol. The van der Waals surface area contributed by atoms with Crippen molar-refractivity contribution in [1.29, 1.82) is 0 Å². The Balaban J connectivity index is 1.40. The average Bonchev–Trinajstić information content (AvgIpc) is 3.16. The van der Waals surface area contributed by atoms with E-state index in [9.17, 15) is 9.59 Å². The molecular formula is C18H20BrN3O2S. The number of thiophene rings is 1. The lowest BCUT2D eigenvalue weighted by Crippen LogP contribution is -2.50. The Morgan fingerprint density at radius 1 is 1.12 bits per heavy atom. The third-order valence-corrected chi connectivity index (χ3v) is 5.63. The Kier molecular flexibility index (Phi) is 6.23. The molecule has 7 heteroatoms. The molecule has 0 bridgehead atoms. The molecule has 25 heavy (non-hydrogen) atoms. The second-order valence-corrected chi connectivity index (χ2v) is 7.52. The van der Waals surface area contributed by atoms with Crippen molar-refractivity contribution in [3.8, 4) is 0 Å². The van der Waals surface area contributed by atoms with E-state index in [2.05, 4.69) is 26.1 Å². The van der Waals surface area contributed by atoms with Crippen LogP contribution in [0.2, 0.25) is 0 Å². The molecule has 132 valence electrons. The molecule has 0 radical (unpaired) electrons. The molecule has 1 aliphatic heterocycles. The maximum absolute atomic E-state index is 12.3.